The van der Waals surface area contributed by atoms with E-state index in [4.69, 9.17) is 0 Å². The summed E-state index contributed by atoms with van der Waals surface area (Å²) in [6.07, 6.45) is 4.76. The highest BCUT2D eigenvalue weighted by molar-refractivity contribution is 14.0. The van der Waals surface area contributed by atoms with E-state index in [9.17, 15) is 4.79 Å². The lowest BCUT2D eigenvalue weighted by Crippen LogP contribution is -2.44. The van der Waals surface area contributed by atoms with Gasteiger partial charge in [-0.2, -0.15) is 0 Å². The van der Waals surface area contributed by atoms with Crippen LogP contribution in [0.3, 0.4) is 0 Å². The average molecular weight is 467 g/mol. The highest BCUT2D eigenvalue weighted by atomic mass is 127. The average Bonchev–Trinajstić information content (AvgIpc) is 2.57. The Labute approximate surface area is 171 Å². The summed E-state index contributed by atoms with van der Waals surface area (Å²) in [5.41, 5.74) is 0. The number of rotatable bonds is 8. The van der Waals surface area contributed by atoms with E-state index in [1.165, 1.54) is 25.9 Å². The molecule has 0 spiro atoms. The molecule has 0 saturated carbocycles. The van der Waals surface area contributed by atoms with Crippen molar-refractivity contribution in [1.82, 2.24) is 20.4 Å². The third kappa shape index (κ3) is 10.9. The molecule has 0 aromatic rings. The van der Waals surface area contributed by atoms with Gasteiger partial charge in [0.15, 0.2) is 5.96 Å². The maximum Gasteiger partial charge on any atom is 0.243 e. The van der Waals surface area contributed by atoms with Gasteiger partial charge < -0.3 is 20.4 Å². The van der Waals surface area contributed by atoms with Crippen LogP contribution >= 0.6 is 24.0 Å². The molecule has 1 heterocycles. The zero-order chi connectivity index (χ0) is 17.9. The van der Waals surface area contributed by atoms with E-state index >= 15 is 0 Å². The molecule has 1 unspecified atom stereocenters. The van der Waals surface area contributed by atoms with E-state index in [0.717, 1.165) is 37.8 Å². The minimum absolute atomic E-state index is 0. The van der Waals surface area contributed by atoms with Crippen LogP contribution in [-0.4, -0.2) is 74.5 Å². The highest BCUT2D eigenvalue weighted by Crippen LogP contribution is 2.15. The quantitative estimate of drug-likeness (QED) is 0.249. The van der Waals surface area contributed by atoms with Gasteiger partial charge in [-0.1, -0.05) is 13.8 Å². The summed E-state index contributed by atoms with van der Waals surface area (Å²) >= 11 is 0. The third-order valence-electron chi connectivity index (χ3n) is 4.69. The van der Waals surface area contributed by atoms with Crippen LogP contribution in [-0.2, 0) is 4.79 Å². The second kappa shape index (κ2) is 13.6. The number of nitrogens with zero attached hydrogens (tertiary/aromatic N) is 3. The van der Waals surface area contributed by atoms with Crippen LogP contribution in [0.25, 0.3) is 0 Å². The molecule has 1 amide bonds. The largest absolute Gasteiger partial charge is 0.356 e. The predicted molar refractivity (Wildman–Crippen MR) is 117 cm³/mol. The van der Waals surface area contributed by atoms with E-state index in [-0.39, 0.29) is 36.4 Å². The second-order valence-electron chi connectivity index (χ2n) is 7.21. The van der Waals surface area contributed by atoms with E-state index < -0.39 is 0 Å². The summed E-state index contributed by atoms with van der Waals surface area (Å²) in [6.45, 7) is 11.3. The van der Waals surface area contributed by atoms with Gasteiger partial charge in [0.05, 0.1) is 0 Å². The fourth-order valence-electron chi connectivity index (χ4n) is 2.57. The Morgan fingerprint density at radius 3 is 2.52 bits per heavy atom. The van der Waals surface area contributed by atoms with Gasteiger partial charge in [-0.25, -0.2) is 4.99 Å². The fraction of sp³-hybridized carbons (Fsp3) is 0.889. The molecule has 2 N–H and O–H groups in total. The van der Waals surface area contributed by atoms with Crippen molar-refractivity contribution in [2.24, 2.45) is 10.9 Å². The monoisotopic (exact) mass is 467 g/mol. The topological polar surface area (TPSA) is 60.0 Å². The van der Waals surface area contributed by atoms with Crippen molar-refractivity contribution < 1.29 is 4.79 Å². The van der Waals surface area contributed by atoms with Gasteiger partial charge >= 0.3 is 0 Å². The third-order valence-corrected chi connectivity index (χ3v) is 4.69. The van der Waals surface area contributed by atoms with Crippen molar-refractivity contribution in [3.8, 4) is 0 Å². The first-order valence-corrected chi connectivity index (χ1v) is 9.39. The van der Waals surface area contributed by atoms with Gasteiger partial charge in [0.25, 0.3) is 0 Å². The molecule has 0 aromatic carbocycles. The molecule has 25 heavy (non-hydrogen) atoms. The SMILES string of the molecule is CCC(C)NC(=NCC(=O)N(C)C)NCCCN1CCC(C)CC1.I. The summed E-state index contributed by atoms with van der Waals surface area (Å²) < 4.78 is 0. The number of likely N-dealkylation sites (N-methyl/N-ethyl adjacent to an activating group) is 1. The molecule has 0 radical (unpaired) electrons. The van der Waals surface area contributed by atoms with Crippen LogP contribution in [0.4, 0.5) is 0 Å². The number of carbonyl (C=O) groups is 1. The van der Waals surface area contributed by atoms with Crippen molar-refractivity contribution >= 4 is 35.8 Å². The fourth-order valence-corrected chi connectivity index (χ4v) is 2.57. The van der Waals surface area contributed by atoms with E-state index in [1.807, 2.05) is 0 Å². The lowest BCUT2D eigenvalue weighted by Gasteiger charge is -2.30. The van der Waals surface area contributed by atoms with Crippen molar-refractivity contribution in [3.63, 3.8) is 0 Å². The van der Waals surface area contributed by atoms with Crippen molar-refractivity contribution in [1.29, 1.82) is 0 Å². The standard InChI is InChI=1S/C18H37N5O.HI/c1-6-16(3)21-18(20-14-17(24)22(4)5)19-10-7-11-23-12-8-15(2)9-13-23;/h15-16H,6-14H2,1-5H3,(H2,19,20,21);1H. The van der Waals surface area contributed by atoms with Crippen LogP contribution in [0.5, 0.6) is 0 Å². The number of piperidine rings is 1. The van der Waals surface area contributed by atoms with Crippen LogP contribution in [0.2, 0.25) is 0 Å². The number of nitrogens with one attached hydrogen (secondary N) is 2. The number of guanidine groups is 1. The summed E-state index contributed by atoms with van der Waals surface area (Å²) in [5.74, 6) is 1.64. The molecule has 1 aliphatic rings. The highest BCUT2D eigenvalue weighted by Gasteiger charge is 2.15. The van der Waals surface area contributed by atoms with Crippen molar-refractivity contribution in [2.45, 2.75) is 52.5 Å². The number of aliphatic imine (C=N–C) groups is 1. The number of halogens is 1. The first-order valence-electron chi connectivity index (χ1n) is 9.39. The Bertz CT molecular complexity index is 395. The first-order chi connectivity index (χ1) is 11.4. The van der Waals surface area contributed by atoms with Gasteiger partial charge in [-0.3, -0.25) is 4.79 Å². The minimum Gasteiger partial charge on any atom is -0.356 e. The number of likely N-dealkylation sites (tertiary alicyclic amines) is 1. The van der Waals surface area contributed by atoms with E-state index in [1.54, 1.807) is 19.0 Å². The van der Waals surface area contributed by atoms with Gasteiger partial charge in [-0.05, 0) is 58.2 Å². The molecular formula is C18H38IN5O. The molecule has 1 saturated heterocycles. The Kier molecular flexibility index (Phi) is 13.3. The number of hydrogen-bond donors (Lipinski definition) is 2. The molecular weight excluding hydrogens is 429 g/mol. The maximum absolute atomic E-state index is 11.7. The lowest BCUT2D eigenvalue weighted by molar-refractivity contribution is -0.127. The Morgan fingerprint density at radius 2 is 1.96 bits per heavy atom. The molecule has 0 bridgehead atoms. The smallest absolute Gasteiger partial charge is 0.243 e. The van der Waals surface area contributed by atoms with Crippen LogP contribution in [0.15, 0.2) is 4.99 Å². The van der Waals surface area contributed by atoms with Crippen molar-refractivity contribution in [2.75, 3.05) is 46.8 Å². The zero-order valence-corrected chi connectivity index (χ0v) is 19.0. The van der Waals surface area contributed by atoms with Crippen LogP contribution < -0.4 is 10.6 Å². The Hall–Kier alpha value is -0.570. The molecule has 0 aliphatic carbocycles. The molecule has 7 heteroatoms. The number of amides is 1. The van der Waals surface area contributed by atoms with Crippen LogP contribution in [0.1, 0.15) is 46.5 Å². The number of hydrogen-bond acceptors (Lipinski definition) is 3. The summed E-state index contributed by atoms with van der Waals surface area (Å²) in [6, 6.07) is 0.342. The molecule has 1 rings (SSSR count). The lowest BCUT2D eigenvalue weighted by atomic mass is 9.99. The molecule has 1 aliphatic heterocycles. The first kappa shape index (κ1) is 24.4. The second-order valence-corrected chi connectivity index (χ2v) is 7.21. The Balaban J connectivity index is 0.00000576. The minimum atomic E-state index is 0. The molecule has 1 fully saturated rings. The predicted octanol–water partition coefficient (Wildman–Crippen LogP) is 2.15. The molecule has 1 atom stereocenters. The summed E-state index contributed by atoms with van der Waals surface area (Å²) in [4.78, 5) is 20.3. The van der Waals surface area contributed by atoms with Crippen molar-refractivity contribution in [3.05, 3.63) is 0 Å². The summed E-state index contributed by atoms with van der Waals surface area (Å²) in [7, 11) is 3.51. The number of carbonyl (C=O) groups excluding carboxylic acids is 1. The molecule has 6 nitrogen and oxygen atoms in total. The normalized spacial score (nSPS) is 17.6. The summed E-state index contributed by atoms with van der Waals surface area (Å²) in [5, 5.41) is 6.73. The van der Waals surface area contributed by atoms with E-state index in [2.05, 4.69) is 41.3 Å². The van der Waals surface area contributed by atoms with E-state index in [0.29, 0.717) is 6.04 Å². The zero-order valence-electron chi connectivity index (χ0n) is 16.7. The van der Waals surface area contributed by atoms with Gasteiger partial charge in [0.2, 0.25) is 5.91 Å². The van der Waals surface area contributed by atoms with Gasteiger partial charge in [0.1, 0.15) is 6.54 Å². The van der Waals surface area contributed by atoms with Gasteiger partial charge in [0, 0.05) is 26.7 Å². The maximum atomic E-state index is 11.7. The van der Waals surface area contributed by atoms with Gasteiger partial charge in [-0.15, -0.1) is 24.0 Å². The molecule has 0 aromatic heterocycles. The Morgan fingerprint density at radius 1 is 1.32 bits per heavy atom. The molecule has 148 valence electrons. The van der Waals surface area contributed by atoms with Crippen LogP contribution in [0, 0.1) is 5.92 Å².